The van der Waals surface area contributed by atoms with E-state index >= 15 is 0 Å². The van der Waals surface area contributed by atoms with Crippen LogP contribution in [0.4, 0.5) is 0 Å². The van der Waals surface area contributed by atoms with Gasteiger partial charge in [-0.1, -0.05) is 23.7 Å². The topological polar surface area (TPSA) is 15.3 Å². The highest BCUT2D eigenvalue weighted by Crippen LogP contribution is 2.43. The van der Waals surface area contributed by atoms with Gasteiger partial charge in [-0.2, -0.15) is 0 Å². The maximum atomic E-state index is 6.35. The van der Waals surface area contributed by atoms with Gasteiger partial charge in [0.05, 0.1) is 0 Å². The maximum Gasteiger partial charge on any atom is 0.0444 e. The second-order valence-electron chi connectivity index (χ2n) is 5.16. The molecule has 1 aliphatic carbocycles. The zero-order valence-corrected chi connectivity index (χ0v) is 10.8. The molecule has 92 valence electrons. The molecule has 0 radical (unpaired) electrons. The van der Waals surface area contributed by atoms with Gasteiger partial charge < -0.3 is 5.32 Å². The first kappa shape index (κ1) is 11.5. The van der Waals surface area contributed by atoms with E-state index < -0.39 is 0 Å². The molecule has 2 aliphatic rings. The molecule has 1 saturated carbocycles. The Morgan fingerprint density at radius 2 is 2.00 bits per heavy atom. The highest BCUT2D eigenvalue weighted by Gasteiger charge is 2.25. The Morgan fingerprint density at radius 1 is 1.24 bits per heavy atom. The van der Waals surface area contributed by atoms with Gasteiger partial charge in [0.15, 0.2) is 0 Å². The van der Waals surface area contributed by atoms with Crippen LogP contribution in [0.25, 0.3) is 0 Å². The summed E-state index contributed by atoms with van der Waals surface area (Å²) in [5.41, 5.74) is 2.71. The van der Waals surface area contributed by atoms with Crippen LogP contribution in [0.15, 0.2) is 18.2 Å². The van der Waals surface area contributed by atoms with E-state index in [9.17, 15) is 0 Å². The maximum absolute atomic E-state index is 6.35. The Bertz CT molecular complexity index is 395. The van der Waals surface area contributed by atoms with Gasteiger partial charge in [-0.25, -0.2) is 0 Å². The van der Waals surface area contributed by atoms with Crippen LogP contribution in [0, 0.1) is 0 Å². The Hall–Kier alpha value is -0.570. The second-order valence-corrected chi connectivity index (χ2v) is 5.56. The normalized spacial score (nSPS) is 21.7. The van der Waals surface area contributed by atoms with E-state index in [-0.39, 0.29) is 0 Å². The number of halogens is 1. The summed E-state index contributed by atoms with van der Waals surface area (Å²) in [6.45, 7) is 5.53. The van der Waals surface area contributed by atoms with Gasteiger partial charge in [-0.05, 0) is 36.0 Å². The SMILES string of the molecule is Clc1cc(CN2CCNCC2)ccc1C1CC1. The molecule has 0 aromatic heterocycles. The summed E-state index contributed by atoms with van der Waals surface area (Å²) < 4.78 is 0. The van der Waals surface area contributed by atoms with E-state index in [2.05, 4.69) is 28.4 Å². The second kappa shape index (κ2) is 4.97. The third kappa shape index (κ3) is 2.82. The number of piperazine rings is 1. The molecule has 2 fully saturated rings. The lowest BCUT2D eigenvalue weighted by atomic mass is 10.1. The first-order chi connectivity index (χ1) is 8.33. The first-order valence-corrected chi connectivity index (χ1v) is 6.92. The molecule has 3 heteroatoms. The van der Waals surface area contributed by atoms with Crippen molar-refractivity contribution in [3.05, 3.63) is 34.3 Å². The van der Waals surface area contributed by atoms with Crippen molar-refractivity contribution in [1.82, 2.24) is 10.2 Å². The van der Waals surface area contributed by atoms with Crippen molar-refractivity contribution in [2.45, 2.75) is 25.3 Å². The van der Waals surface area contributed by atoms with E-state index in [1.54, 1.807) is 0 Å². The summed E-state index contributed by atoms with van der Waals surface area (Å²) in [5, 5.41) is 4.35. The molecule has 3 rings (SSSR count). The fourth-order valence-electron chi connectivity index (χ4n) is 2.52. The van der Waals surface area contributed by atoms with Crippen molar-refractivity contribution in [2.75, 3.05) is 26.2 Å². The summed E-state index contributed by atoms with van der Waals surface area (Å²) >= 11 is 6.35. The van der Waals surface area contributed by atoms with Crippen molar-refractivity contribution >= 4 is 11.6 Å². The van der Waals surface area contributed by atoms with Crippen LogP contribution < -0.4 is 5.32 Å². The molecule has 0 unspecified atom stereocenters. The third-order valence-corrected chi connectivity index (χ3v) is 4.03. The minimum Gasteiger partial charge on any atom is -0.314 e. The summed E-state index contributed by atoms with van der Waals surface area (Å²) in [6.07, 6.45) is 2.63. The van der Waals surface area contributed by atoms with Crippen LogP contribution in [0.1, 0.15) is 29.9 Å². The fraction of sp³-hybridized carbons (Fsp3) is 0.571. The van der Waals surface area contributed by atoms with Crippen molar-refractivity contribution in [1.29, 1.82) is 0 Å². The van der Waals surface area contributed by atoms with Crippen molar-refractivity contribution in [3.8, 4) is 0 Å². The largest absolute Gasteiger partial charge is 0.314 e. The molecular weight excluding hydrogens is 232 g/mol. The zero-order chi connectivity index (χ0) is 11.7. The van der Waals surface area contributed by atoms with Gasteiger partial charge in [0.1, 0.15) is 0 Å². The van der Waals surface area contributed by atoms with Crippen molar-refractivity contribution < 1.29 is 0 Å². The van der Waals surface area contributed by atoms with Crippen LogP contribution in [0.2, 0.25) is 5.02 Å². The number of benzene rings is 1. The van der Waals surface area contributed by atoms with Crippen LogP contribution in [0.3, 0.4) is 0 Å². The standard InChI is InChI=1S/C14H19ClN2/c15-14-9-11(1-4-13(14)12-2-3-12)10-17-7-5-16-6-8-17/h1,4,9,12,16H,2-3,5-8,10H2. The Kier molecular flexibility index (Phi) is 3.37. The first-order valence-electron chi connectivity index (χ1n) is 6.54. The van der Waals surface area contributed by atoms with Crippen molar-refractivity contribution in [2.24, 2.45) is 0 Å². The molecule has 0 atom stereocenters. The average Bonchev–Trinajstić information content (AvgIpc) is 3.15. The van der Waals surface area contributed by atoms with Gasteiger partial charge in [0.2, 0.25) is 0 Å². The molecule has 2 nitrogen and oxygen atoms in total. The predicted molar refractivity (Wildman–Crippen MR) is 71.6 cm³/mol. The van der Waals surface area contributed by atoms with Crippen LogP contribution >= 0.6 is 11.6 Å². The van der Waals surface area contributed by atoms with E-state index in [1.165, 1.54) is 24.0 Å². The van der Waals surface area contributed by atoms with Gasteiger partial charge in [0, 0.05) is 37.7 Å². The third-order valence-electron chi connectivity index (χ3n) is 3.70. The monoisotopic (exact) mass is 250 g/mol. The number of rotatable bonds is 3. The van der Waals surface area contributed by atoms with Gasteiger partial charge in [0.25, 0.3) is 0 Å². The molecule has 1 aliphatic heterocycles. The number of hydrogen-bond donors (Lipinski definition) is 1. The number of nitrogens with one attached hydrogen (secondary N) is 1. The van der Waals surface area contributed by atoms with Gasteiger partial charge >= 0.3 is 0 Å². The quantitative estimate of drug-likeness (QED) is 0.887. The van der Waals surface area contributed by atoms with Crippen LogP contribution in [0.5, 0.6) is 0 Å². The smallest absolute Gasteiger partial charge is 0.0444 e. The molecule has 1 N–H and O–H groups in total. The summed E-state index contributed by atoms with van der Waals surface area (Å²) in [5.74, 6) is 0.746. The van der Waals surface area contributed by atoms with E-state index in [1.807, 2.05) is 0 Å². The molecule has 0 amide bonds. The van der Waals surface area contributed by atoms with E-state index in [0.717, 1.165) is 43.7 Å². The predicted octanol–water partition coefficient (Wildman–Crippen LogP) is 2.62. The van der Waals surface area contributed by atoms with Crippen LogP contribution in [-0.4, -0.2) is 31.1 Å². The summed E-state index contributed by atoms with van der Waals surface area (Å²) in [7, 11) is 0. The molecule has 1 aromatic rings. The minimum absolute atomic E-state index is 0.746. The molecule has 0 spiro atoms. The van der Waals surface area contributed by atoms with Gasteiger partial charge in [-0.15, -0.1) is 0 Å². The number of nitrogens with zero attached hydrogens (tertiary/aromatic N) is 1. The summed E-state index contributed by atoms with van der Waals surface area (Å²) in [6, 6.07) is 6.65. The van der Waals surface area contributed by atoms with E-state index in [0.29, 0.717) is 0 Å². The lowest BCUT2D eigenvalue weighted by Crippen LogP contribution is -2.42. The van der Waals surface area contributed by atoms with Gasteiger partial charge in [-0.3, -0.25) is 4.90 Å². The average molecular weight is 251 g/mol. The molecule has 0 bridgehead atoms. The highest BCUT2D eigenvalue weighted by atomic mass is 35.5. The summed E-state index contributed by atoms with van der Waals surface area (Å²) in [4.78, 5) is 2.49. The molecular formula is C14H19ClN2. The Morgan fingerprint density at radius 3 is 2.65 bits per heavy atom. The molecule has 1 aromatic carbocycles. The lowest BCUT2D eigenvalue weighted by Gasteiger charge is -2.27. The van der Waals surface area contributed by atoms with Crippen LogP contribution in [-0.2, 0) is 6.54 Å². The molecule has 17 heavy (non-hydrogen) atoms. The molecule has 1 heterocycles. The zero-order valence-electron chi connectivity index (χ0n) is 10.1. The Balaban J connectivity index is 1.68. The minimum atomic E-state index is 0.746. The number of hydrogen-bond acceptors (Lipinski definition) is 2. The highest BCUT2D eigenvalue weighted by molar-refractivity contribution is 6.31. The molecule has 1 saturated heterocycles. The van der Waals surface area contributed by atoms with Crippen molar-refractivity contribution in [3.63, 3.8) is 0 Å². The Labute approximate surface area is 108 Å². The lowest BCUT2D eigenvalue weighted by molar-refractivity contribution is 0.233. The van der Waals surface area contributed by atoms with E-state index in [4.69, 9.17) is 11.6 Å². The fourth-order valence-corrected chi connectivity index (χ4v) is 2.88.